The first-order valence-electron chi connectivity index (χ1n) is 14.9. The van der Waals surface area contributed by atoms with Crippen LogP contribution in [0, 0.1) is 0 Å². The van der Waals surface area contributed by atoms with Gasteiger partial charge in [0.25, 0.3) is 0 Å². The molecule has 2 heterocycles. The molecule has 0 radical (unpaired) electrons. The molecule has 0 spiro atoms. The lowest BCUT2D eigenvalue weighted by atomic mass is 9.96. The van der Waals surface area contributed by atoms with Crippen molar-refractivity contribution < 1.29 is 0 Å². The average molecular weight is 550 g/mol. The third-order valence-corrected chi connectivity index (χ3v) is 8.89. The van der Waals surface area contributed by atoms with Crippen molar-refractivity contribution in [2.75, 3.05) is 0 Å². The Morgan fingerprint density at radius 3 is 2.05 bits per heavy atom. The lowest BCUT2D eigenvalue weighted by Gasteiger charge is -2.17. The molecule has 1 aliphatic carbocycles. The van der Waals surface area contributed by atoms with Gasteiger partial charge in [0.05, 0.1) is 22.4 Å². The minimum Gasteiger partial charge on any atom is -0.277 e. The zero-order valence-electron chi connectivity index (χ0n) is 23.5. The Morgan fingerprint density at radius 2 is 1.26 bits per heavy atom. The molecule has 0 saturated carbocycles. The zero-order valence-corrected chi connectivity index (χ0v) is 23.5. The molecule has 0 amide bonds. The fourth-order valence-electron chi connectivity index (χ4n) is 6.94. The highest BCUT2D eigenvalue weighted by atomic mass is 15.2. The Labute approximate surface area is 249 Å². The predicted octanol–water partition coefficient (Wildman–Crippen LogP) is 10.3. The van der Waals surface area contributed by atoms with Gasteiger partial charge in [0.2, 0.25) is 5.95 Å². The first-order chi connectivity index (χ1) is 21.3. The van der Waals surface area contributed by atoms with Gasteiger partial charge >= 0.3 is 0 Å². The molecule has 0 bridgehead atoms. The van der Waals surface area contributed by atoms with Crippen molar-refractivity contribution in [3.05, 3.63) is 151 Å². The van der Waals surface area contributed by atoms with Crippen LogP contribution in [0.25, 0.3) is 71.3 Å². The molecule has 43 heavy (non-hydrogen) atoms. The van der Waals surface area contributed by atoms with E-state index in [4.69, 9.17) is 9.97 Å². The van der Waals surface area contributed by atoms with Gasteiger partial charge in [-0.3, -0.25) is 4.57 Å². The van der Waals surface area contributed by atoms with Crippen molar-refractivity contribution in [3.63, 3.8) is 0 Å². The van der Waals surface area contributed by atoms with Crippen molar-refractivity contribution >= 4 is 54.1 Å². The molecular formula is C40H27N3. The maximum Gasteiger partial charge on any atom is 0.235 e. The van der Waals surface area contributed by atoms with Crippen LogP contribution in [0.4, 0.5) is 0 Å². The van der Waals surface area contributed by atoms with Crippen LogP contribution in [-0.4, -0.2) is 14.5 Å². The second kappa shape index (κ2) is 9.50. The predicted molar refractivity (Wildman–Crippen MR) is 180 cm³/mol. The largest absolute Gasteiger partial charge is 0.277 e. The summed E-state index contributed by atoms with van der Waals surface area (Å²) in [6.07, 6.45) is 9.65. The monoisotopic (exact) mass is 549 g/mol. The number of rotatable bonds is 3. The minimum atomic E-state index is 0.191. The van der Waals surface area contributed by atoms with E-state index in [9.17, 15) is 0 Å². The lowest BCUT2D eigenvalue weighted by Crippen LogP contribution is -2.08. The van der Waals surface area contributed by atoms with E-state index in [2.05, 4.69) is 150 Å². The van der Waals surface area contributed by atoms with E-state index >= 15 is 0 Å². The molecule has 1 aliphatic rings. The summed E-state index contributed by atoms with van der Waals surface area (Å²) in [5.41, 5.74) is 5.35. The van der Waals surface area contributed by atoms with Gasteiger partial charge in [-0.15, -0.1) is 0 Å². The van der Waals surface area contributed by atoms with Gasteiger partial charge in [-0.25, -0.2) is 9.97 Å². The first kappa shape index (κ1) is 24.1. The van der Waals surface area contributed by atoms with Crippen LogP contribution in [0.3, 0.4) is 0 Å². The number of allylic oxidation sites excluding steroid dienone is 4. The summed E-state index contributed by atoms with van der Waals surface area (Å²) in [5.74, 6) is 0.896. The Hall–Kier alpha value is -5.54. The normalized spacial score (nSPS) is 14.9. The Morgan fingerprint density at radius 1 is 0.558 bits per heavy atom. The van der Waals surface area contributed by atoms with Gasteiger partial charge in [-0.2, -0.15) is 0 Å². The number of nitrogens with zero attached hydrogens (tertiary/aromatic N) is 3. The number of benzene rings is 6. The second-order valence-electron chi connectivity index (χ2n) is 11.3. The van der Waals surface area contributed by atoms with Crippen LogP contribution in [0.15, 0.2) is 146 Å². The molecule has 3 heteroatoms. The topological polar surface area (TPSA) is 30.7 Å². The van der Waals surface area contributed by atoms with Crippen molar-refractivity contribution in [3.8, 4) is 17.2 Å². The summed E-state index contributed by atoms with van der Waals surface area (Å²) in [4.78, 5) is 10.7. The maximum atomic E-state index is 5.39. The van der Waals surface area contributed by atoms with Crippen molar-refractivity contribution in [1.82, 2.24) is 14.5 Å². The van der Waals surface area contributed by atoms with E-state index in [0.29, 0.717) is 5.95 Å². The van der Waals surface area contributed by atoms with Crippen LogP contribution in [0.2, 0.25) is 0 Å². The fraction of sp³-hybridized carbons (Fsp3) is 0.0500. The Kier molecular flexibility index (Phi) is 5.32. The number of aromatic nitrogens is 3. The summed E-state index contributed by atoms with van der Waals surface area (Å²) in [6, 6.07) is 43.4. The molecule has 0 N–H and O–H groups in total. The zero-order chi connectivity index (χ0) is 28.3. The van der Waals surface area contributed by atoms with Crippen LogP contribution in [0.1, 0.15) is 18.0 Å². The number of hydrogen-bond donors (Lipinski definition) is 0. The molecule has 3 nitrogen and oxygen atoms in total. The van der Waals surface area contributed by atoms with Crippen molar-refractivity contribution in [2.24, 2.45) is 0 Å². The molecule has 1 atom stereocenters. The molecule has 202 valence electrons. The van der Waals surface area contributed by atoms with Crippen LogP contribution in [0.5, 0.6) is 0 Å². The van der Waals surface area contributed by atoms with Crippen LogP contribution < -0.4 is 0 Å². The second-order valence-corrected chi connectivity index (χ2v) is 11.3. The molecule has 1 unspecified atom stereocenters. The smallest absolute Gasteiger partial charge is 0.235 e. The van der Waals surface area contributed by atoms with E-state index in [1.54, 1.807) is 0 Å². The Bertz CT molecular complexity index is 2430. The van der Waals surface area contributed by atoms with Gasteiger partial charge in [0.1, 0.15) is 0 Å². The standard InChI is InChI=1S/C40H27N3/c1-3-14-27(15-4-1)35-25-36(28-16-5-2-6-17-28)42-40(41-35)43-38-29-18-8-7-13-26(29)23-24-34(38)37-32-21-11-9-19-30(32)31-20-10-12-22-33(31)39(37)43/h1-16,18-25,28H,17H2. The van der Waals surface area contributed by atoms with Crippen molar-refractivity contribution in [1.29, 1.82) is 0 Å². The highest BCUT2D eigenvalue weighted by Crippen LogP contribution is 2.44. The molecule has 0 saturated heterocycles. The lowest BCUT2D eigenvalue weighted by molar-refractivity contribution is 0.798. The quantitative estimate of drug-likeness (QED) is 0.205. The highest BCUT2D eigenvalue weighted by Gasteiger charge is 2.23. The summed E-state index contributed by atoms with van der Waals surface area (Å²) < 4.78 is 2.35. The first-order valence-corrected chi connectivity index (χ1v) is 14.9. The molecule has 8 aromatic rings. The van der Waals surface area contributed by atoms with Gasteiger partial charge in [0, 0.05) is 33.0 Å². The molecule has 2 aromatic heterocycles. The summed E-state index contributed by atoms with van der Waals surface area (Å²) in [7, 11) is 0. The van der Waals surface area contributed by atoms with E-state index in [0.717, 1.165) is 34.4 Å². The van der Waals surface area contributed by atoms with E-state index in [1.807, 2.05) is 0 Å². The number of fused-ring (bicyclic) bond motifs is 10. The SMILES string of the molecule is C1=CCC(c2cc(-c3ccccc3)nc(-n3c4c5ccccc5ccc4c4c5ccccc5c5ccccc5c43)n2)C=C1. The molecular weight excluding hydrogens is 522 g/mol. The Balaban J connectivity index is 1.51. The number of hydrogen-bond acceptors (Lipinski definition) is 2. The average Bonchev–Trinajstić information content (AvgIpc) is 3.45. The highest BCUT2D eigenvalue weighted by molar-refractivity contribution is 6.34. The van der Waals surface area contributed by atoms with Gasteiger partial charge < -0.3 is 0 Å². The van der Waals surface area contributed by atoms with E-state index in [1.165, 1.54) is 43.1 Å². The van der Waals surface area contributed by atoms with Crippen LogP contribution >= 0.6 is 0 Å². The summed E-state index contributed by atoms with van der Waals surface area (Å²) in [5, 5.41) is 9.79. The van der Waals surface area contributed by atoms with E-state index in [-0.39, 0.29) is 5.92 Å². The molecule has 0 fully saturated rings. The third kappa shape index (κ3) is 3.68. The fourth-order valence-corrected chi connectivity index (χ4v) is 6.94. The third-order valence-electron chi connectivity index (χ3n) is 8.89. The molecule has 0 aliphatic heterocycles. The van der Waals surface area contributed by atoms with Gasteiger partial charge in [-0.1, -0.05) is 140 Å². The molecule has 6 aromatic carbocycles. The van der Waals surface area contributed by atoms with E-state index < -0.39 is 0 Å². The summed E-state index contributed by atoms with van der Waals surface area (Å²) in [6.45, 7) is 0. The van der Waals surface area contributed by atoms with Crippen molar-refractivity contribution in [2.45, 2.75) is 12.3 Å². The molecule has 9 rings (SSSR count). The van der Waals surface area contributed by atoms with Crippen LogP contribution in [-0.2, 0) is 0 Å². The summed E-state index contributed by atoms with van der Waals surface area (Å²) >= 11 is 0. The van der Waals surface area contributed by atoms with Gasteiger partial charge in [0.15, 0.2) is 0 Å². The van der Waals surface area contributed by atoms with Gasteiger partial charge in [-0.05, 0) is 34.0 Å². The minimum absolute atomic E-state index is 0.191. The maximum absolute atomic E-state index is 5.39.